The zero-order valence-corrected chi connectivity index (χ0v) is 10.4. The number of likely N-dealkylation sites (tertiary alicyclic amines) is 1. The minimum Gasteiger partial charge on any atom is -0.480 e. The Kier molecular flexibility index (Phi) is 3.33. The van der Waals surface area contributed by atoms with E-state index in [2.05, 4.69) is 0 Å². The zero-order chi connectivity index (χ0) is 13.3. The van der Waals surface area contributed by atoms with Crippen LogP contribution in [-0.4, -0.2) is 39.5 Å². The van der Waals surface area contributed by atoms with Crippen molar-refractivity contribution in [3.05, 3.63) is 27.1 Å². The van der Waals surface area contributed by atoms with Gasteiger partial charge >= 0.3 is 11.0 Å². The fourth-order valence-corrected chi connectivity index (χ4v) is 2.86. The molecule has 1 fully saturated rings. The molecule has 2 heterocycles. The standard InChI is InChI=1S/C10H13N3O4S/c11-10(9(14)15)3-4-12(6-10)5-7-1-2-8(18-7)13(16)17/h1-2H,3-6,11H2,(H,14,15). The number of carboxylic acids is 1. The van der Waals surface area contributed by atoms with Crippen LogP contribution in [0.2, 0.25) is 0 Å². The van der Waals surface area contributed by atoms with Crippen LogP contribution >= 0.6 is 11.3 Å². The normalized spacial score (nSPS) is 24.3. The molecule has 8 heteroatoms. The van der Waals surface area contributed by atoms with Crippen molar-refractivity contribution in [1.82, 2.24) is 4.90 Å². The van der Waals surface area contributed by atoms with Crippen LogP contribution in [0, 0.1) is 10.1 Å². The van der Waals surface area contributed by atoms with Gasteiger partial charge in [-0.1, -0.05) is 11.3 Å². The maximum absolute atomic E-state index is 11.0. The van der Waals surface area contributed by atoms with E-state index in [4.69, 9.17) is 10.8 Å². The lowest BCUT2D eigenvalue weighted by Crippen LogP contribution is -2.49. The number of carboxylic acid groups (broad SMARTS) is 1. The van der Waals surface area contributed by atoms with Gasteiger partial charge in [0.1, 0.15) is 5.54 Å². The van der Waals surface area contributed by atoms with Gasteiger partial charge in [0, 0.05) is 30.6 Å². The summed E-state index contributed by atoms with van der Waals surface area (Å²) in [6.45, 7) is 1.37. The molecule has 18 heavy (non-hydrogen) atoms. The van der Waals surface area contributed by atoms with E-state index in [0.29, 0.717) is 19.5 Å². The average molecular weight is 271 g/mol. The summed E-state index contributed by atoms with van der Waals surface area (Å²) in [5.74, 6) is -0.998. The fourth-order valence-electron chi connectivity index (χ4n) is 1.99. The highest BCUT2D eigenvalue weighted by Gasteiger charge is 2.41. The summed E-state index contributed by atoms with van der Waals surface area (Å²) >= 11 is 1.11. The van der Waals surface area contributed by atoms with Gasteiger partial charge in [-0.3, -0.25) is 19.8 Å². The molecule has 1 saturated heterocycles. The van der Waals surface area contributed by atoms with Gasteiger partial charge in [-0.05, 0) is 12.5 Å². The van der Waals surface area contributed by atoms with Gasteiger partial charge in [-0.25, -0.2) is 0 Å². The first-order valence-corrected chi connectivity index (χ1v) is 6.20. The number of aliphatic carboxylic acids is 1. The van der Waals surface area contributed by atoms with Crippen molar-refractivity contribution in [2.75, 3.05) is 13.1 Å². The Balaban J connectivity index is 1.99. The minimum atomic E-state index is -1.19. The van der Waals surface area contributed by atoms with Crippen LogP contribution in [-0.2, 0) is 11.3 Å². The topological polar surface area (TPSA) is 110 Å². The predicted molar refractivity (Wildman–Crippen MR) is 65.4 cm³/mol. The second-order valence-corrected chi connectivity index (χ2v) is 5.57. The third-order valence-electron chi connectivity index (χ3n) is 3.01. The number of hydrogen-bond acceptors (Lipinski definition) is 6. The molecule has 0 bridgehead atoms. The fraction of sp³-hybridized carbons (Fsp3) is 0.500. The van der Waals surface area contributed by atoms with Gasteiger partial charge in [-0.2, -0.15) is 0 Å². The first-order valence-electron chi connectivity index (χ1n) is 5.38. The monoisotopic (exact) mass is 271 g/mol. The van der Waals surface area contributed by atoms with E-state index in [1.165, 1.54) is 6.07 Å². The number of nitrogens with two attached hydrogens (primary N) is 1. The van der Waals surface area contributed by atoms with E-state index in [9.17, 15) is 14.9 Å². The Labute approximate surface area is 107 Å². The van der Waals surface area contributed by atoms with Gasteiger partial charge in [0.25, 0.3) is 0 Å². The van der Waals surface area contributed by atoms with Crippen molar-refractivity contribution < 1.29 is 14.8 Å². The molecule has 3 N–H and O–H groups in total. The van der Waals surface area contributed by atoms with Crippen molar-refractivity contribution in [2.24, 2.45) is 5.73 Å². The van der Waals surface area contributed by atoms with Crippen molar-refractivity contribution in [2.45, 2.75) is 18.5 Å². The molecular formula is C10H13N3O4S. The quantitative estimate of drug-likeness (QED) is 0.614. The van der Waals surface area contributed by atoms with Crippen molar-refractivity contribution in [1.29, 1.82) is 0 Å². The third kappa shape index (κ3) is 2.50. The van der Waals surface area contributed by atoms with E-state index >= 15 is 0 Å². The summed E-state index contributed by atoms with van der Waals surface area (Å²) in [5.41, 5.74) is 4.56. The molecule has 1 atom stereocenters. The molecular weight excluding hydrogens is 258 g/mol. The van der Waals surface area contributed by atoms with Crippen LogP contribution < -0.4 is 5.73 Å². The van der Waals surface area contributed by atoms with Crippen LogP contribution in [0.5, 0.6) is 0 Å². The zero-order valence-electron chi connectivity index (χ0n) is 9.54. The Morgan fingerprint density at radius 3 is 2.89 bits per heavy atom. The summed E-state index contributed by atoms with van der Waals surface area (Å²) in [7, 11) is 0. The Morgan fingerprint density at radius 1 is 1.67 bits per heavy atom. The molecule has 0 aliphatic carbocycles. The van der Waals surface area contributed by atoms with Gasteiger partial charge in [0.15, 0.2) is 0 Å². The summed E-state index contributed by atoms with van der Waals surface area (Å²) in [6.07, 6.45) is 0.399. The second kappa shape index (κ2) is 4.63. The first-order chi connectivity index (χ1) is 8.40. The maximum Gasteiger partial charge on any atom is 0.325 e. The SMILES string of the molecule is NC1(C(=O)O)CCN(Cc2ccc([N+](=O)[O-])s2)C1. The van der Waals surface area contributed by atoms with Gasteiger partial charge < -0.3 is 10.8 Å². The highest BCUT2D eigenvalue weighted by Crippen LogP contribution is 2.27. The Hall–Kier alpha value is -1.51. The molecule has 98 valence electrons. The third-order valence-corrected chi connectivity index (χ3v) is 4.03. The van der Waals surface area contributed by atoms with Crippen LogP contribution in [0.1, 0.15) is 11.3 Å². The lowest BCUT2D eigenvalue weighted by molar-refractivity contribution is -0.380. The number of rotatable bonds is 4. The highest BCUT2D eigenvalue weighted by atomic mass is 32.1. The molecule has 0 amide bonds. The van der Waals surface area contributed by atoms with Crippen molar-refractivity contribution in [3.63, 3.8) is 0 Å². The Bertz CT molecular complexity index is 489. The largest absolute Gasteiger partial charge is 0.480 e. The molecule has 7 nitrogen and oxygen atoms in total. The molecule has 2 rings (SSSR count). The number of thiophene rings is 1. The number of carbonyl (C=O) groups is 1. The second-order valence-electron chi connectivity index (χ2n) is 4.42. The molecule has 1 aliphatic rings. The van der Waals surface area contributed by atoms with Gasteiger partial charge in [-0.15, -0.1) is 0 Å². The Morgan fingerprint density at radius 2 is 2.39 bits per heavy atom. The van der Waals surface area contributed by atoms with Crippen LogP contribution in [0.15, 0.2) is 12.1 Å². The predicted octanol–water partition coefficient (Wildman–Crippen LogP) is 0.644. The van der Waals surface area contributed by atoms with Crippen molar-refractivity contribution >= 4 is 22.3 Å². The first kappa shape index (κ1) is 12.9. The van der Waals surface area contributed by atoms with E-state index in [0.717, 1.165) is 16.2 Å². The highest BCUT2D eigenvalue weighted by molar-refractivity contribution is 7.15. The lowest BCUT2D eigenvalue weighted by atomic mass is 10.0. The van der Waals surface area contributed by atoms with Gasteiger partial charge in [0.2, 0.25) is 0 Å². The number of nitrogens with zero attached hydrogens (tertiary/aromatic N) is 2. The molecule has 1 aliphatic heterocycles. The van der Waals surface area contributed by atoms with E-state index < -0.39 is 16.4 Å². The summed E-state index contributed by atoms with van der Waals surface area (Å²) in [4.78, 5) is 23.8. The van der Waals surface area contributed by atoms with Crippen LogP contribution in [0.25, 0.3) is 0 Å². The minimum absolute atomic E-state index is 0.0986. The summed E-state index contributed by atoms with van der Waals surface area (Å²) in [6, 6.07) is 3.16. The summed E-state index contributed by atoms with van der Waals surface area (Å²) in [5, 5.41) is 19.6. The molecule has 0 aromatic carbocycles. The average Bonchev–Trinajstić information content (AvgIpc) is 2.87. The molecule has 1 aromatic rings. The molecule has 1 unspecified atom stereocenters. The van der Waals surface area contributed by atoms with E-state index in [1.807, 2.05) is 4.90 Å². The van der Waals surface area contributed by atoms with Crippen molar-refractivity contribution in [3.8, 4) is 0 Å². The van der Waals surface area contributed by atoms with Crippen LogP contribution in [0.3, 0.4) is 0 Å². The molecule has 0 spiro atoms. The lowest BCUT2D eigenvalue weighted by Gasteiger charge is -2.19. The van der Waals surface area contributed by atoms with E-state index in [1.54, 1.807) is 6.07 Å². The molecule has 0 saturated carbocycles. The maximum atomic E-state index is 11.0. The van der Waals surface area contributed by atoms with Crippen LogP contribution in [0.4, 0.5) is 5.00 Å². The van der Waals surface area contributed by atoms with E-state index in [-0.39, 0.29) is 11.5 Å². The number of hydrogen-bond donors (Lipinski definition) is 2. The summed E-state index contributed by atoms with van der Waals surface area (Å²) < 4.78 is 0. The molecule has 1 aromatic heterocycles. The molecule has 0 radical (unpaired) electrons. The number of nitro groups is 1. The van der Waals surface area contributed by atoms with Gasteiger partial charge in [0.05, 0.1) is 4.92 Å². The smallest absolute Gasteiger partial charge is 0.325 e.